The van der Waals surface area contributed by atoms with E-state index in [4.69, 9.17) is 9.05 Å². The van der Waals surface area contributed by atoms with Gasteiger partial charge in [-0.25, -0.2) is 0 Å². The van der Waals surface area contributed by atoms with Crippen LogP contribution in [0.4, 0.5) is 0 Å². The number of benzene rings is 2. The van der Waals surface area contributed by atoms with Crippen molar-refractivity contribution in [3.8, 4) is 0 Å². The van der Waals surface area contributed by atoms with Gasteiger partial charge in [-0.15, -0.1) is 0 Å². The van der Waals surface area contributed by atoms with Gasteiger partial charge in [-0.2, -0.15) is 0 Å². The molecule has 0 unspecified atom stereocenters. The molecule has 0 aliphatic rings. The molecule has 0 atom stereocenters. The summed E-state index contributed by atoms with van der Waals surface area (Å²) in [6, 6.07) is 11.8. The van der Waals surface area contributed by atoms with E-state index in [2.05, 4.69) is 55.4 Å². The fraction of sp³-hybridized carbons (Fsp3) is 0.727. The topological polar surface area (TPSA) is 52.6 Å². The van der Waals surface area contributed by atoms with E-state index < -0.39 is 13.7 Å². The predicted octanol–water partition coefficient (Wildman–Crippen LogP) is 14.5. The molecule has 0 fully saturated rings. The summed E-state index contributed by atoms with van der Waals surface area (Å²) < 4.78 is 14.4. The monoisotopic (exact) mass is 733 g/mol. The van der Waals surface area contributed by atoms with Gasteiger partial charge >= 0.3 is 310 Å². The third kappa shape index (κ3) is 11.8. The normalized spacial score (nSPS) is 13.8. The number of hydrogen-bond donors (Lipinski definition) is 0. The molecule has 0 bridgehead atoms. The molecular weight excluding hydrogens is 654 g/mol. The predicted molar refractivity (Wildman–Crippen MR) is 227 cm³/mol. The van der Waals surface area contributed by atoms with Gasteiger partial charge in [0.25, 0.3) is 0 Å². The summed E-state index contributed by atoms with van der Waals surface area (Å²) in [4.78, 5) is 29.3. The molecule has 0 heterocycles. The van der Waals surface area contributed by atoms with Crippen LogP contribution in [0.1, 0.15) is 179 Å². The number of rotatable bonds is 28. The van der Waals surface area contributed by atoms with Crippen molar-refractivity contribution in [2.75, 3.05) is 49.3 Å². The second-order valence-electron chi connectivity index (χ2n) is 15.8. The van der Waals surface area contributed by atoms with Gasteiger partial charge in [-0.1, -0.05) is 0 Å². The van der Waals surface area contributed by atoms with Gasteiger partial charge in [-0.05, 0) is 0 Å². The fourth-order valence-electron chi connectivity index (χ4n) is 8.39. The van der Waals surface area contributed by atoms with E-state index in [1.54, 1.807) is 0 Å². The maximum absolute atomic E-state index is 14.7. The minimum atomic E-state index is -2.84. The Hall–Kier alpha value is -1.50. The average molecular weight is 733 g/mol. The summed E-state index contributed by atoms with van der Waals surface area (Å²) in [7, 11) is 0. The van der Waals surface area contributed by atoms with Crippen LogP contribution >= 0.6 is 13.7 Å². The minimum absolute atomic E-state index is 0.186. The molecule has 0 saturated carbocycles. The van der Waals surface area contributed by atoms with Crippen molar-refractivity contribution in [1.29, 1.82) is 0 Å². The van der Waals surface area contributed by atoms with E-state index in [0.717, 1.165) is 163 Å². The summed E-state index contributed by atoms with van der Waals surface area (Å²) >= 11 is 0. The van der Waals surface area contributed by atoms with Gasteiger partial charge in [-0.3, -0.25) is 0 Å². The molecule has 288 valence electrons. The number of hydrogen-bond acceptors (Lipinski definition) is 4. The Morgan fingerprint density at radius 1 is 0.400 bits per heavy atom. The van der Waals surface area contributed by atoms with Gasteiger partial charge in [0.05, 0.1) is 0 Å². The zero-order valence-corrected chi connectivity index (χ0v) is 35.8. The summed E-state index contributed by atoms with van der Waals surface area (Å²) in [5.74, 6) is -0.371. The Bertz CT molecular complexity index is 1120. The zero-order chi connectivity index (χ0) is 37.0. The Labute approximate surface area is 309 Å². The van der Waals surface area contributed by atoms with Gasteiger partial charge in [0.15, 0.2) is 0 Å². The number of carbonyl (C=O) groups is 2. The quantitative estimate of drug-likeness (QED) is 0.0818. The van der Waals surface area contributed by atoms with E-state index >= 15 is 0 Å². The van der Waals surface area contributed by atoms with Crippen molar-refractivity contribution in [2.24, 2.45) is 0 Å². The summed E-state index contributed by atoms with van der Waals surface area (Å²) in [5, 5.41) is 1.62. The molecule has 0 N–H and O–H groups in total. The van der Waals surface area contributed by atoms with Crippen LogP contribution in [-0.4, -0.2) is 61.2 Å². The first-order valence-corrected chi connectivity index (χ1v) is 26.9. The van der Waals surface area contributed by atoms with Gasteiger partial charge in [0.2, 0.25) is 0 Å². The van der Waals surface area contributed by atoms with E-state index in [1.165, 1.54) is 0 Å². The number of fused-ring (bicyclic) bond motifs is 1. The Kier molecular flexibility index (Phi) is 19.6. The number of unbranched alkanes of at least 4 members (excludes halogenated alkanes) is 8. The van der Waals surface area contributed by atoms with Crippen LogP contribution in [0.3, 0.4) is 0 Å². The molecule has 0 radical (unpaired) electrons. The molecule has 2 rings (SSSR count). The van der Waals surface area contributed by atoms with Crippen molar-refractivity contribution in [2.45, 2.75) is 158 Å². The first kappa shape index (κ1) is 44.7. The van der Waals surface area contributed by atoms with E-state index in [0.29, 0.717) is 11.1 Å². The van der Waals surface area contributed by atoms with Crippen LogP contribution in [0, 0.1) is 0 Å². The van der Waals surface area contributed by atoms with E-state index in [-0.39, 0.29) is 11.9 Å². The SMILES string of the molecule is CCCCP(CCCC)(CCCC)(CCCC)OC(=O)c1ccc(C(=O)OP(CCCC)(CCCC)(CCCC)CCCC)c2ccccc12. The van der Waals surface area contributed by atoms with Gasteiger partial charge in [0.1, 0.15) is 0 Å². The molecular formula is C44H78O4P2. The van der Waals surface area contributed by atoms with Crippen LogP contribution in [-0.2, 0) is 9.05 Å². The molecule has 2 aromatic carbocycles. The molecule has 0 spiro atoms. The van der Waals surface area contributed by atoms with Crippen molar-refractivity contribution >= 4 is 36.4 Å². The Morgan fingerprint density at radius 3 is 0.820 bits per heavy atom. The standard InChI is InChI=1S/C44H78O4P2/c1-9-17-31-49(32-18-10-2,33-19-11-3,34-20-12-4)47-43(45)41-29-30-42(40-28-26-25-27-39(40)41)44(46)48-50(35-21-13-5,36-22-14-6,37-23-15-7)38-24-16-8/h25-30H,9-24,31-38H2,1-8H3. The van der Waals surface area contributed by atoms with Crippen LogP contribution in [0.15, 0.2) is 36.4 Å². The Morgan fingerprint density at radius 2 is 0.620 bits per heavy atom. The van der Waals surface area contributed by atoms with E-state index in [9.17, 15) is 9.59 Å². The molecule has 0 aromatic heterocycles. The first-order valence-electron chi connectivity index (χ1n) is 21.1. The van der Waals surface area contributed by atoms with E-state index in [1.807, 2.05) is 36.4 Å². The summed E-state index contributed by atoms with van der Waals surface area (Å²) in [5.41, 5.74) is 1.19. The van der Waals surface area contributed by atoms with Gasteiger partial charge < -0.3 is 0 Å². The average Bonchev–Trinajstić information content (AvgIpc) is 3.14. The third-order valence-electron chi connectivity index (χ3n) is 11.7. The van der Waals surface area contributed by atoms with Crippen molar-refractivity contribution in [3.05, 3.63) is 47.5 Å². The van der Waals surface area contributed by atoms with Crippen LogP contribution < -0.4 is 0 Å². The van der Waals surface area contributed by atoms with Crippen molar-refractivity contribution < 1.29 is 18.6 Å². The zero-order valence-electron chi connectivity index (χ0n) is 34.0. The fourth-order valence-corrected chi connectivity index (χ4v) is 21.9. The molecule has 6 heteroatoms. The molecule has 0 amide bonds. The van der Waals surface area contributed by atoms with Gasteiger partial charge in [0, 0.05) is 0 Å². The van der Waals surface area contributed by atoms with Crippen LogP contribution in [0.5, 0.6) is 0 Å². The second-order valence-corrected chi connectivity index (χ2v) is 27.2. The Balaban J connectivity index is 2.73. The summed E-state index contributed by atoms with van der Waals surface area (Å²) in [6.07, 6.45) is 26.0. The van der Waals surface area contributed by atoms with Crippen LogP contribution in [0.2, 0.25) is 0 Å². The third-order valence-corrected chi connectivity index (χ3v) is 24.6. The first-order chi connectivity index (χ1) is 24.1. The molecule has 0 saturated heterocycles. The summed E-state index contributed by atoms with van der Waals surface area (Å²) in [6.45, 7) is 12.4. The van der Waals surface area contributed by atoms with Crippen molar-refractivity contribution in [1.82, 2.24) is 0 Å². The molecule has 2 aromatic rings. The molecule has 50 heavy (non-hydrogen) atoms. The second kappa shape index (κ2) is 21.9. The maximum atomic E-state index is 14.7. The number of carbonyl (C=O) groups excluding carboxylic acids is 2. The molecule has 0 aliphatic carbocycles. The molecule has 0 aliphatic heterocycles. The van der Waals surface area contributed by atoms with Crippen molar-refractivity contribution in [3.63, 3.8) is 0 Å². The molecule has 4 nitrogen and oxygen atoms in total. The van der Waals surface area contributed by atoms with Crippen LogP contribution in [0.25, 0.3) is 10.8 Å².